The highest BCUT2D eigenvalue weighted by atomic mass is 35.5. The Bertz CT molecular complexity index is 223. The molecule has 0 saturated carbocycles. The molecular weight excluding hydrogens is 244 g/mol. The smallest absolute Gasteiger partial charge is 0.250 e. The van der Waals surface area contributed by atoms with Gasteiger partial charge in [-0.1, -0.05) is 20.3 Å². The minimum absolute atomic E-state index is 0. The Hall–Kier alpha value is -0.360. The molecule has 5 nitrogen and oxygen atoms in total. The highest BCUT2D eigenvalue weighted by molar-refractivity contribution is 5.85. The quantitative estimate of drug-likeness (QED) is 0.651. The molecule has 0 bridgehead atoms. The van der Waals surface area contributed by atoms with E-state index in [1.54, 1.807) is 0 Å². The number of morpholine rings is 1. The zero-order chi connectivity index (χ0) is 12.0. The van der Waals surface area contributed by atoms with Crippen LogP contribution in [0, 0.1) is 5.92 Å². The molecule has 17 heavy (non-hydrogen) atoms. The predicted molar refractivity (Wildman–Crippen MR) is 68.3 cm³/mol. The lowest BCUT2D eigenvalue weighted by atomic mass is 10.0. The number of ether oxygens (including phenoxy) is 1. The monoisotopic (exact) mass is 266 g/mol. The van der Waals surface area contributed by atoms with E-state index in [1.165, 1.54) is 0 Å². The van der Waals surface area contributed by atoms with Gasteiger partial charge in [0.15, 0.2) is 0 Å². The van der Waals surface area contributed by atoms with Crippen molar-refractivity contribution in [2.24, 2.45) is 5.92 Å². The lowest BCUT2D eigenvalue weighted by molar-refractivity contribution is -0.134. The molecule has 3 unspecified atom stereocenters. The van der Waals surface area contributed by atoms with Crippen molar-refractivity contribution in [1.29, 1.82) is 0 Å². The van der Waals surface area contributed by atoms with Crippen LogP contribution >= 0.6 is 12.4 Å². The third-order valence-electron chi connectivity index (χ3n) is 3.01. The number of halogens is 1. The Morgan fingerprint density at radius 3 is 2.88 bits per heavy atom. The van der Waals surface area contributed by atoms with Crippen molar-refractivity contribution < 1.29 is 14.6 Å². The molecule has 6 heteroatoms. The number of nitrogens with one attached hydrogen (secondary N) is 2. The van der Waals surface area contributed by atoms with Crippen molar-refractivity contribution in [3.63, 3.8) is 0 Å². The van der Waals surface area contributed by atoms with Crippen LogP contribution in [0.2, 0.25) is 0 Å². The Labute approximate surface area is 109 Å². The molecule has 0 aliphatic carbocycles. The molecule has 0 spiro atoms. The van der Waals surface area contributed by atoms with Crippen LogP contribution in [-0.4, -0.2) is 49.5 Å². The van der Waals surface area contributed by atoms with Crippen molar-refractivity contribution in [2.45, 2.75) is 32.5 Å². The van der Waals surface area contributed by atoms with Crippen LogP contribution in [0.15, 0.2) is 0 Å². The third kappa shape index (κ3) is 5.68. The fourth-order valence-corrected chi connectivity index (χ4v) is 1.53. The van der Waals surface area contributed by atoms with E-state index in [9.17, 15) is 9.90 Å². The maximum Gasteiger partial charge on any atom is 0.250 e. The molecular formula is C11H23ClN2O3. The van der Waals surface area contributed by atoms with Gasteiger partial charge >= 0.3 is 0 Å². The Kier molecular flexibility index (Phi) is 8.51. The van der Waals surface area contributed by atoms with Gasteiger partial charge in [-0.25, -0.2) is 0 Å². The maximum absolute atomic E-state index is 11.6. The zero-order valence-electron chi connectivity index (χ0n) is 10.4. The van der Waals surface area contributed by atoms with Gasteiger partial charge in [0.1, 0.15) is 6.10 Å². The largest absolute Gasteiger partial charge is 0.391 e. The molecule has 1 rings (SSSR count). The number of aliphatic hydroxyl groups is 1. The van der Waals surface area contributed by atoms with E-state index < -0.39 is 12.2 Å². The van der Waals surface area contributed by atoms with Crippen LogP contribution in [-0.2, 0) is 9.53 Å². The van der Waals surface area contributed by atoms with Gasteiger partial charge in [0.2, 0.25) is 0 Å². The van der Waals surface area contributed by atoms with Crippen molar-refractivity contribution in [3.8, 4) is 0 Å². The van der Waals surface area contributed by atoms with E-state index in [0.29, 0.717) is 19.7 Å². The standard InChI is InChI=1S/C11H22N2O3.ClH/c1-3-8(2)9(14)6-13-11(15)10-7-12-4-5-16-10;/h8-10,12,14H,3-7H2,1-2H3,(H,13,15);1H. The summed E-state index contributed by atoms with van der Waals surface area (Å²) in [7, 11) is 0. The molecule has 1 saturated heterocycles. The number of aliphatic hydroxyl groups excluding tert-OH is 1. The van der Waals surface area contributed by atoms with Crippen molar-refractivity contribution in [2.75, 3.05) is 26.2 Å². The first-order chi connectivity index (χ1) is 7.65. The zero-order valence-corrected chi connectivity index (χ0v) is 11.3. The summed E-state index contributed by atoms with van der Waals surface area (Å²) in [5, 5.41) is 15.5. The first-order valence-electron chi connectivity index (χ1n) is 5.93. The van der Waals surface area contributed by atoms with Crippen LogP contribution in [0.3, 0.4) is 0 Å². The van der Waals surface area contributed by atoms with E-state index in [2.05, 4.69) is 10.6 Å². The summed E-state index contributed by atoms with van der Waals surface area (Å²) in [6.45, 7) is 6.18. The molecule has 0 aromatic heterocycles. The molecule has 1 amide bonds. The molecule has 102 valence electrons. The van der Waals surface area contributed by atoms with Crippen LogP contribution in [0.1, 0.15) is 20.3 Å². The second-order valence-corrected chi connectivity index (χ2v) is 4.26. The molecule has 1 aliphatic rings. The highest BCUT2D eigenvalue weighted by Crippen LogP contribution is 2.06. The summed E-state index contributed by atoms with van der Waals surface area (Å²) in [5.74, 6) is 0.0558. The van der Waals surface area contributed by atoms with Gasteiger partial charge in [0, 0.05) is 19.6 Å². The van der Waals surface area contributed by atoms with Crippen LogP contribution in [0.4, 0.5) is 0 Å². The Balaban J connectivity index is 0.00000256. The summed E-state index contributed by atoms with van der Waals surface area (Å²) < 4.78 is 5.30. The van der Waals surface area contributed by atoms with Gasteiger partial charge in [-0.05, 0) is 5.92 Å². The molecule has 0 aromatic rings. The average Bonchev–Trinajstić information content (AvgIpc) is 2.35. The first kappa shape index (κ1) is 16.6. The van der Waals surface area contributed by atoms with E-state index in [1.807, 2.05) is 13.8 Å². The SMILES string of the molecule is CCC(C)C(O)CNC(=O)C1CNCCO1.Cl. The minimum atomic E-state index is -0.481. The van der Waals surface area contributed by atoms with Gasteiger partial charge in [0.25, 0.3) is 5.91 Å². The number of hydrogen-bond acceptors (Lipinski definition) is 4. The highest BCUT2D eigenvalue weighted by Gasteiger charge is 2.22. The lowest BCUT2D eigenvalue weighted by Crippen LogP contribution is -2.49. The van der Waals surface area contributed by atoms with Crippen molar-refractivity contribution in [3.05, 3.63) is 0 Å². The van der Waals surface area contributed by atoms with Crippen LogP contribution < -0.4 is 10.6 Å². The van der Waals surface area contributed by atoms with E-state index >= 15 is 0 Å². The molecule has 0 aromatic carbocycles. The van der Waals surface area contributed by atoms with Gasteiger partial charge in [-0.2, -0.15) is 0 Å². The van der Waals surface area contributed by atoms with Crippen LogP contribution in [0.25, 0.3) is 0 Å². The third-order valence-corrected chi connectivity index (χ3v) is 3.01. The normalized spacial score (nSPS) is 23.4. The average molecular weight is 267 g/mol. The molecule has 3 N–H and O–H groups in total. The summed E-state index contributed by atoms with van der Waals surface area (Å²) in [6, 6.07) is 0. The summed E-state index contributed by atoms with van der Waals surface area (Å²) in [5.41, 5.74) is 0. The van der Waals surface area contributed by atoms with Gasteiger partial charge < -0.3 is 20.5 Å². The summed E-state index contributed by atoms with van der Waals surface area (Å²) in [6.07, 6.45) is 0.00166. The Morgan fingerprint density at radius 2 is 2.35 bits per heavy atom. The topological polar surface area (TPSA) is 70.6 Å². The van der Waals surface area contributed by atoms with Gasteiger partial charge in [-0.3, -0.25) is 4.79 Å². The van der Waals surface area contributed by atoms with Crippen LogP contribution in [0.5, 0.6) is 0 Å². The predicted octanol–water partition coefficient (Wildman–Crippen LogP) is -0.0802. The number of rotatable bonds is 5. The number of carbonyl (C=O) groups excluding carboxylic acids is 1. The fraction of sp³-hybridized carbons (Fsp3) is 0.909. The van der Waals surface area contributed by atoms with E-state index in [4.69, 9.17) is 4.74 Å². The summed E-state index contributed by atoms with van der Waals surface area (Å²) in [4.78, 5) is 11.6. The molecule has 1 fully saturated rings. The van der Waals surface area contributed by atoms with E-state index in [-0.39, 0.29) is 24.2 Å². The molecule has 1 heterocycles. The first-order valence-corrected chi connectivity index (χ1v) is 5.93. The van der Waals surface area contributed by atoms with Crippen molar-refractivity contribution >= 4 is 18.3 Å². The second-order valence-electron chi connectivity index (χ2n) is 4.26. The number of carbonyl (C=O) groups is 1. The fourth-order valence-electron chi connectivity index (χ4n) is 1.53. The molecule has 0 radical (unpaired) electrons. The molecule has 3 atom stereocenters. The number of amides is 1. The van der Waals surface area contributed by atoms with Crippen molar-refractivity contribution in [1.82, 2.24) is 10.6 Å². The maximum atomic E-state index is 11.6. The lowest BCUT2D eigenvalue weighted by Gasteiger charge is -2.24. The second kappa shape index (κ2) is 8.69. The summed E-state index contributed by atoms with van der Waals surface area (Å²) >= 11 is 0. The minimum Gasteiger partial charge on any atom is -0.391 e. The van der Waals surface area contributed by atoms with Gasteiger partial charge in [-0.15, -0.1) is 12.4 Å². The number of hydrogen-bond donors (Lipinski definition) is 3. The van der Waals surface area contributed by atoms with E-state index in [0.717, 1.165) is 13.0 Å². The van der Waals surface area contributed by atoms with Gasteiger partial charge in [0.05, 0.1) is 12.7 Å². The molecule has 1 aliphatic heterocycles. The Morgan fingerprint density at radius 1 is 1.65 bits per heavy atom.